The van der Waals surface area contributed by atoms with Crippen molar-refractivity contribution in [2.45, 2.75) is 19.4 Å². The Labute approximate surface area is 174 Å². The van der Waals surface area contributed by atoms with E-state index < -0.39 is 5.92 Å². The maximum absolute atomic E-state index is 11.7. The summed E-state index contributed by atoms with van der Waals surface area (Å²) < 4.78 is 12.8. The predicted octanol–water partition coefficient (Wildman–Crippen LogP) is 3.24. The van der Waals surface area contributed by atoms with Gasteiger partial charge in [0.25, 0.3) is 0 Å². The van der Waals surface area contributed by atoms with Gasteiger partial charge in [0.15, 0.2) is 0 Å². The average molecular weight is 411 g/mol. The number of ether oxygens (including phenoxy) is 2. The minimum Gasteiger partial charge on any atom is -0.497 e. The summed E-state index contributed by atoms with van der Waals surface area (Å²) in [6.07, 6.45) is 0. The van der Waals surface area contributed by atoms with E-state index >= 15 is 0 Å². The van der Waals surface area contributed by atoms with E-state index in [1.54, 1.807) is 25.3 Å². The maximum atomic E-state index is 11.7. The molecular weight excluding hydrogens is 386 g/mol. The second kappa shape index (κ2) is 8.86. The number of methoxy groups -OCH3 is 2. The Morgan fingerprint density at radius 2 is 1.93 bits per heavy atom. The molecule has 30 heavy (non-hydrogen) atoms. The topological polar surface area (TPSA) is 95.6 Å². The average Bonchev–Trinajstić information content (AvgIpc) is 3.01. The normalized spacial score (nSPS) is 11.9. The number of aromatic nitrogens is 1. The molecule has 0 bridgehead atoms. The number of fused-ring (bicyclic) bond motifs is 1. The van der Waals surface area contributed by atoms with Crippen LogP contribution in [-0.2, 0) is 18.4 Å². The molecule has 0 saturated carbocycles. The van der Waals surface area contributed by atoms with Gasteiger partial charge in [-0.2, -0.15) is 0 Å². The van der Waals surface area contributed by atoms with Crippen molar-refractivity contribution < 1.29 is 19.2 Å². The van der Waals surface area contributed by atoms with Crippen molar-refractivity contribution in [1.29, 1.82) is 0 Å². The lowest BCUT2D eigenvalue weighted by Gasteiger charge is -2.19. The first-order valence-electron chi connectivity index (χ1n) is 9.51. The Hall–Kier alpha value is -3.55. The van der Waals surface area contributed by atoms with E-state index in [0.29, 0.717) is 17.1 Å². The lowest BCUT2D eigenvalue weighted by atomic mass is 9.88. The number of hydrogen-bond donors (Lipinski definition) is 1. The van der Waals surface area contributed by atoms with Crippen molar-refractivity contribution in [2.75, 3.05) is 20.8 Å². The Kier molecular flexibility index (Phi) is 6.25. The van der Waals surface area contributed by atoms with Gasteiger partial charge in [0, 0.05) is 47.1 Å². The third kappa shape index (κ3) is 4.07. The van der Waals surface area contributed by atoms with Gasteiger partial charge >= 0.3 is 0 Å². The molecule has 3 aromatic rings. The fraction of sp³-hybridized carbons (Fsp3) is 0.318. The summed E-state index contributed by atoms with van der Waals surface area (Å²) in [5, 5.41) is 15.4. The standard InChI is InChI=1S/C22H25N3O5/c1-14(26)23-12-20-22(17-7-5-6-8-19(17)24(20)2)18(13-25(27)28)16-10-9-15(29-3)11-21(16)30-4/h5-11,18H,12-13H2,1-4H3,(H,23,26). The van der Waals surface area contributed by atoms with Crippen LogP contribution in [0, 0.1) is 10.1 Å². The minimum absolute atomic E-state index is 0.168. The molecule has 8 heteroatoms. The zero-order chi connectivity index (χ0) is 21.8. The van der Waals surface area contributed by atoms with Gasteiger partial charge in [-0.15, -0.1) is 0 Å². The number of benzene rings is 2. The van der Waals surface area contributed by atoms with Crippen LogP contribution in [0.25, 0.3) is 10.9 Å². The van der Waals surface area contributed by atoms with Crippen molar-refractivity contribution in [1.82, 2.24) is 9.88 Å². The van der Waals surface area contributed by atoms with E-state index in [1.807, 2.05) is 35.9 Å². The number of aryl methyl sites for hydroxylation is 1. The maximum Gasteiger partial charge on any atom is 0.217 e. The molecule has 0 spiro atoms. The van der Waals surface area contributed by atoms with Gasteiger partial charge in [-0.25, -0.2) is 0 Å². The van der Waals surface area contributed by atoms with Crippen molar-refractivity contribution in [3.63, 3.8) is 0 Å². The van der Waals surface area contributed by atoms with Crippen LogP contribution in [0.2, 0.25) is 0 Å². The van der Waals surface area contributed by atoms with E-state index in [-0.39, 0.29) is 23.9 Å². The van der Waals surface area contributed by atoms with Crippen LogP contribution >= 0.6 is 0 Å². The Morgan fingerprint density at radius 1 is 1.20 bits per heavy atom. The summed E-state index contributed by atoms with van der Waals surface area (Å²) >= 11 is 0. The second-order valence-corrected chi connectivity index (χ2v) is 7.02. The molecule has 8 nitrogen and oxygen atoms in total. The molecule has 1 aromatic heterocycles. The third-order valence-corrected chi connectivity index (χ3v) is 5.27. The third-order valence-electron chi connectivity index (χ3n) is 5.27. The molecule has 0 radical (unpaired) electrons. The van der Waals surface area contributed by atoms with Crippen LogP contribution in [0.4, 0.5) is 0 Å². The highest BCUT2D eigenvalue weighted by Gasteiger charge is 2.30. The molecule has 1 N–H and O–H groups in total. The van der Waals surface area contributed by atoms with Gasteiger partial charge in [-0.05, 0) is 17.7 Å². The molecule has 1 heterocycles. The highest BCUT2D eigenvalue weighted by molar-refractivity contribution is 5.87. The molecular formula is C22H25N3O5. The number of amides is 1. The summed E-state index contributed by atoms with van der Waals surface area (Å²) in [5.74, 6) is 0.376. The zero-order valence-corrected chi connectivity index (χ0v) is 17.5. The Balaban J connectivity index is 2.28. The van der Waals surface area contributed by atoms with Crippen LogP contribution in [0.5, 0.6) is 11.5 Å². The lowest BCUT2D eigenvalue weighted by Crippen LogP contribution is -2.23. The largest absolute Gasteiger partial charge is 0.497 e. The van der Waals surface area contributed by atoms with Gasteiger partial charge in [0.1, 0.15) is 11.5 Å². The molecule has 0 aliphatic rings. The van der Waals surface area contributed by atoms with E-state index in [9.17, 15) is 14.9 Å². The van der Waals surface area contributed by atoms with Gasteiger partial charge in [-0.3, -0.25) is 14.9 Å². The fourth-order valence-electron chi connectivity index (χ4n) is 3.89. The number of carbonyl (C=O) groups excluding carboxylic acids is 1. The van der Waals surface area contributed by atoms with Gasteiger partial charge < -0.3 is 19.4 Å². The highest BCUT2D eigenvalue weighted by Crippen LogP contribution is 2.40. The number of carbonyl (C=O) groups is 1. The number of nitrogens with one attached hydrogen (secondary N) is 1. The fourth-order valence-corrected chi connectivity index (χ4v) is 3.89. The van der Waals surface area contributed by atoms with Crippen molar-refractivity contribution in [3.8, 4) is 11.5 Å². The van der Waals surface area contributed by atoms with Crippen LogP contribution in [-0.4, -0.2) is 36.2 Å². The first kappa shape index (κ1) is 21.2. The van der Waals surface area contributed by atoms with Gasteiger partial charge in [0.2, 0.25) is 12.5 Å². The summed E-state index contributed by atoms with van der Waals surface area (Å²) in [5.41, 5.74) is 3.25. The smallest absolute Gasteiger partial charge is 0.217 e. The first-order valence-corrected chi connectivity index (χ1v) is 9.51. The molecule has 0 fully saturated rings. The van der Waals surface area contributed by atoms with Crippen molar-refractivity contribution in [3.05, 3.63) is 69.4 Å². The van der Waals surface area contributed by atoms with Gasteiger partial charge in [-0.1, -0.05) is 24.3 Å². The monoisotopic (exact) mass is 411 g/mol. The number of nitro groups is 1. The molecule has 0 aliphatic heterocycles. The molecule has 158 valence electrons. The quantitative estimate of drug-likeness (QED) is 0.453. The summed E-state index contributed by atoms with van der Waals surface area (Å²) in [6.45, 7) is 1.40. The summed E-state index contributed by atoms with van der Waals surface area (Å²) in [4.78, 5) is 22.9. The molecule has 0 aliphatic carbocycles. The molecule has 1 atom stereocenters. The zero-order valence-electron chi connectivity index (χ0n) is 17.5. The van der Waals surface area contributed by atoms with Crippen LogP contribution in [0.15, 0.2) is 42.5 Å². The van der Waals surface area contributed by atoms with E-state index in [4.69, 9.17) is 9.47 Å². The minimum atomic E-state index is -0.573. The Bertz CT molecular complexity index is 1090. The summed E-state index contributed by atoms with van der Waals surface area (Å²) in [6, 6.07) is 13.0. The van der Waals surface area contributed by atoms with Crippen LogP contribution < -0.4 is 14.8 Å². The highest BCUT2D eigenvalue weighted by atomic mass is 16.6. The van der Waals surface area contributed by atoms with Crippen LogP contribution in [0.1, 0.15) is 29.7 Å². The second-order valence-electron chi connectivity index (χ2n) is 7.02. The first-order chi connectivity index (χ1) is 14.4. The summed E-state index contributed by atoms with van der Waals surface area (Å²) in [7, 11) is 4.99. The Morgan fingerprint density at radius 3 is 2.57 bits per heavy atom. The van der Waals surface area contributed by atoms with Crippen molar-refractivity contribution >= 4 is 16.8 Å². The van der Waals surface area contributed by atoms with E-state index in [1.165, 1.54) is 14.0 Å². The molecule has 3 rings (SSSR count). The number of hydrogen-bond acceptors (Lipinski definition) is 5. The molecule has 0 saturated heterocycles. The number of para-hydroxylation sites is 1. The van der Waals surface area contributed by atoms with Crippen LogP contribution in [0.3, 0.4) is 0 Å². The van der Waals surface area contributed by atoms with E-state index in [0.717, 1.165) is 22.2 Å². The SMILES string of the molecule is COc1ccc(C(C[N+](=O)[O-])c2c(CNC(C)=O)n(C)c3ccccc23)c(OC)c1. The molecule has 1 amide bonds. The predicted molar refractivity (Wildman–Crippen MR) is 114 cm³/mol. The molecule has 1 unspecified atom stereocenters. The number of rotatable bonds is 8. The van der Waals surface area contributed by atoms with E-state index in [2.05, 4.69) is 5.32 Å². The number of nitrogens with zero attached hydrogens (tertiary/aromatic N) is 2. The van der Waals surface area contributed by atoms with Crippen molar-refractivity contribution in [2.24, 2.45) is 7.05 Å². The molecule has 2 aromatic carbocycles. The lowest BCUT2D eigenvalue weighted by molar-refractivity contribution is -0.481. The van der Waals surface area contributed by atoms with Gasteiger partial charge in [0.05, 0.1) is 26.7 Å².